The van der Waals surface area contributed by atoms with Crippen LogP contribution in [0.5, 0.6) is 0 Å². The molecule has 0 unspecified atom stereocenters. The van der Waals surface area contributed by atoms with Crippen LogP contribution in [0.3, 0.4) is 0 Å². The maximum absolute atomic E-state index is 13.1. The number of piperidine rings is 1. The summed E-state index contributed by atoms with van der Waals surface area (Å²) >= 11 is 0. The van der Waals surface area contributed by atoms with Crippen molar-refractivity contribution in [1.29, 1.82) is 0 Å². The summed E-state index contributed by atoms with van der Waals surface area (Å²) in [6.07, 6.45) is 5.72. The van der Waals surface area contributed by atoms with Gasteiger partial charge < -0.3 is 14.3 Å². The molecule has 146 valence electrons. The first-order valence-electron chi connectivity index (χ1n) is 10.3. The molecule has 6 nitrogen and oxygen atoms in total. The van der Waals surface area contributed by atoms with Gasteiger partial charge in [0.15, 0.2) is 5.76 Å². The normalized spacial score (nSPS) is 20.9. The van der Waals surface area contributed by atoms with Crippen LogP contribution < -0.4 is 0 Å². The number of rotatable bonds is 4. The summed E-state index contributed by atoms with van der Waals surface area (Å²) in [5.41, 5.74) is 1.96. The van der Waals surface area contributed by atoms with E-state index < -0.39 is 0 Å². The summed E-state index contributed by atoms with van der Waals surface area (Å²) in [4.78, 5) is 25.5. The fourth-order valence-corrected chi connectivity index (χ4v) is 4.48. The molecule has 1 N–H and O–H groups in total. The van der Waals surface area contributed by atoms with Crippen molar-refractivity contribution in [2.45, 2.75) is 44.7 Å². The fraction of sp³-hybridized carbons (Fsp3) is 0.455. The highest BCUT2D eigenvalue weighted by Gasteiger charge is 2.34. The van der Waals surface area contributed by atoms with E-state index >= 15 is 0 Å². The number of carbonyl (C=O) groups is 1. The second kappa shape index (κ2) is 7.43. The Morgan fingerprint density at radius 2 is 1.93 bits per heavy atom. The van der Waals surface area contributed by atoms with E-state index in [-0.39, 0.29) is 11.9 Å². The smallest absolute Gasteiger partial charge is 0.290 e. The minimum atomic E-state index is -0.0344. The minimum Gasteiger partial charge on any atom is -0.455 e. The first-order chi connectivity index (χ1) is 13.8. The number of aromatic amines is 1. The number of carbonyl (C=O) groups excluding carboxylic acids is 1. The predicted molar refractivity (Wildman–Crippen MR) is 107 cm³/mol. The Morgan fingerprint density at radius 3 is 2.79 bits per heavy atom. The molecule has 1 aromatic carbocycles. The standard InChI is InChI=1S/C22H26N4O2/c27-22(20-11-10-16(28-20)15-25-12-4-1-5-13-25)26-14-6-9-19(26)21-23-17-7-2-3-8-18(17)24-21/h2-3,7-8,10-11,19H,1,4-6,9,12-15H2,(H,23,24)/t19-/m0/s1. The number of hydrogen-bond acceptors (Lipinski definition) is 4. The quantitative estimate of drug-likeness (QED) is 0.742. The van der Waals surface area contributed by atoms with Crippen LogP contribution in [0.15, 0.2) is 40.8 Å². The van der Waals surface area contributed by atoms with Crippen molar-refractivity contribution in [1.82, 2.24) is 19.8 Å². The molecule has 3 aromatic rings. The molecule has 0 radical (unpaired) electrons. The maximum atomic E-state index is 13.1. The summed E-state index contributed by atoms with van der Waals surface area (Å²) in [7, 11) is 0. The van der Waals surface area contributed by atoms with Gasteiger partial charge in [-0.05, 0) is 63.0 Å². The number of aromatic nitrogens is 2. The van der Waals surface area contributed by atoms with E-state index in [1.54, 1.807) is 0 Å². The Labute approximate surface area is 164 Å². The lowest BCUT2D eigenvalue weighted by Gasteiger charge is -2.25. The third-order valence-electron chi connectivity index (χ3n) is 5.94. The third-order valence-corrected chi connectivity index (χ3v) is 5.94. The molecule has 0 spiro atoms. The van der Waals surface area contributed by atoms with Crippen LogP contribution in [-0.4, -0.2) is 45.3 Å². The van der Waals surface area contributed by atoms with Gasteiger partial charge in [-0.25, -0.2) is 4.98 Å². The van der Waals surface area contributed by atoms with Crippen LogP contribution in [0.1, 0.15) is 60.3 Å². The molecular weight excluding hydrogens is 352 g/mol. The van der Waals surface area contributed by atoms with E-state index in [1.165, 1.54) is 19.3 Å². The number of H-pyrrole nitrogens is 1. The van der Waals surface area contributed by atoms with Crippen molar-refractivity contribution >= 4 is 16.9 Å². The zero-order valence-electron chi connectivity index (χ0n) is 16.1. The summed E-state index contributed by atoms with van der Waals surface area (Å²) in [5, 5.41) is 0. The highest BCUT2D eigenvalue weighted by atomic mass is 16.4. The summed E-state index contributed by atoms with van der Waals surface area (Å²) < 4.78 is 5.94. The SMILES string of the molecule is O=C(c1ccc(CN2CCCCC2)o1)N1CCC[C@H]1c1nc2ccccc2[nH]1. The van der Waals surface area contributed by atoms with Crippen molar-refractivity contribution in [3.05, 3.63) is 53.7 Å². The van der Waals surface area contributed by atoms with E-state index in [0.29, 0.717) is 5.76 Å². The van der Waals surface area contributed by atoms with Crippen molar-refractivity contribution in [2.24, 2.45) is 0 Å². The summed E-state index contributed by atoms with van der Waals surface area (Å²) in [6.45, 7) is 3.76. The van der Waals surface area contributed by atoms with Crippen LogP contribution in [0.25, 0.3) is 11.0 Å². The second-order valence-corrected chi connectivity index (χ2v) is 7.90. The molecule has 2 aliphatic heterocycles. The lowest BCUT2D eigenvalue weighted by molar-refractivity contribution is 0.0693. The van der Waals surface area contributed by atoms with Gasteiger partial charge in [-0.15, -0.1) is 0 Å². The lowest BCUT2D eigenvalue weighted by atomic mass is 10.1. The monoisotopic (exact) mass is 378 g/mol. The zero-order chi connectivity index (χ0) is 18.9. The average molecular weight is 378 g/mol. The first-order valence-corrected chi connectivity index (χ1v) is 10.3. The Kier molecular flexibility index (Phi) is 4.64. The van der Waals surface area contributed by atoms with Gasteiger partial charge in [0.05, 0.1) is 23.6 Å². The molecule has 1 atom stereocenters. The van der Waals surface area contributed by atoms with Crippen LogP contribution in [-0.2, 0) is 6.54 Å². The number of nitrogens with zero attached hydrogens (tertiary/aromatic N) is 3. The Morgan fingerprint density at radius 1 is 1.07 bits per heavy atom. The van der Waals surface area contributed by atoms with Gasteiger partial charge in [0, 0.05) is 6.54 Å². The Hall–Kier alpha value is -2.60. The molecule has 0 saturated carbocycles. The van der Waals surface area contributed by atoms with E-state index in [0.717, 1.165) is 61.6 Å². The largest absolute Gasteiger partial charge is 0.455 e. The van der Waals surface area contributed by atoms with Crippen molar-refractivity contribution in [3.63, 3.8) is 0 Å². The van der Waals surface area contributed by atoms with Crippen molar-refractivity contribution in [2.75, 3.05) is 19.6 Å². The molecular formula is C22H26N4O2. The molecule has 2 aliphatic rings. The van der Waals surface area contributed by atoms with Crippen LogP contribution in [0.2, 0.25) is 0 Å². The van der Waals surface area contributed by atoms with E-state index in [9.17, 15) is 4.79 Å². The number of fused-ring (bicyclic) bond motifs is 1. The van der Waals surface area contributed by atoms with Crippen LogP contribution in [0.4, 0.5) is 0 Å². The molecule has 2 saturated heterocycles. The Bertz CT molecular complexity index is 937. The first kappa shape index (κ1) is 17.5. The molecule has 5 rings (SSSR count). The topological polar surface area (TPSA) is 65.4 Å². The van der Waals surface area contributed by atoms with Crippen molar-refractivity contribution < 1.29 is 9.21 Å². The third kappa shape index (κ3) is 3.33. The number of imidazole rings is 1. The molecule has 0 aliphatic carbocycles. The molecule has 4 heterocycles. The molecule has 2 aromatic heterocycles. The fourth-order valence-electron chi connectivity index (χ4n) is 4.48. The molecule has 0 bridgehead atoms. The second-order valence-electron chi connectivity index (χ2n) is 7.90. The van der Waals surface area contributed by atoms with Gasteiger partial charge in [0.1, 0.15) is 11.6 Å². The van der Waals surface area contributed by atoms with E-state index in [4.69, 9.17) is 9.40 Å². The van der Waals surface area contributed by atoms with Gasteiger partial charge in [0.2, 0.25) is 0 Å². The maximum Gasteiger partial charge on any atom is 0.290 e. The molecule has 28 heavy (non-hydrogen) atoms. The van der Waals surface area contributed by atoms with Gasteiger partial charge >= 0.3 is 0 Å². The van der Waals surface area contributed by atoms with Crippen LogP contribution in [0, 0.1) is 0 Å². The zero-order valence-corrected chi connectivity index (χ0v) is 16.1. The Balaban J connectivity index is 1.32. The average Bonchev–Trinajstić information content (AvgIpc) is 3.46. The number of likely N-dealkylation sites (tertiary alicyclic amines) is 2. The predicted octanol–water partition coefficient (Wildman–Crippen LogP) is 4.12. The van der Waals surface area contributed by atoms with Crippen LogP contribution >= 0.6 is 0 Å². The summed E-state index contributed by atoms with van der Waals surface area (Å²) in [6, 6.07) is 11.8. The summed E-state index contributed by atoms with van der Waals surface area (Å²) in [5.74, 6) is 2.15. The minimum absolute atomic E-state index is 0.0180. The highest BCUT2D eigenvalue weighted by Crippen LogP contribution is 2.33. The number of nitrogens with one attached hydrogen (secondary N) is 1. The number of benzene rings is 1. The van der Waals surface area contributed by atoms with Gasteiger partial charge in [0.25, 0.3) is 5.91 Å². The van der Waals surface area contributed by atoms with Crippen molar-refractivity contribution in [3.8, 4) is 0 Å². The number of furan rings is 1. The van der Waals surface area contributed by atoms with Gasteiger partial charge in [-0.3, -0.25) is 9.69 Å². The molecule has 1 amide bonds. The van der Waals surface area contributed by atoms with Gasteiger partial charge in [-0.2, -0.15) is 0 Å². The number of para-hydroxylation sites is 2. The molecule has 6 heteroatoms. The number of amides is 1. The van der Waals surface area contributed by atoms with Gasteiger partial charge in [-0.1, -0.05) is 18.6 Å². The number of hydrogen-bond donors (Lipinski definition) is 1. The lowest BCUT2D eigenvalue weighted by Crippen LogP contribution is -2.31. The molecule has 2 fully saturated rings. The van der Waals surface area contributed by atoms with E-state index in [1.807, 2.05) is 41.3 Å². The highest BCUT2D eigenvalue weighted by molar-refractivity contribution is 5.92. The van der Waals surface area contributed by atoms with E-state index in [2.05, 4.69) is 9.88 Å².